The van der Waals surface area contributed by atoms with Crippen LogP contribution in [0.1, 0.15) is 17.0 Å². The molecule has 2 aromatic heterocycles. The minimum atomic E-state index is -0.565. The van der Waals surface area contributed by atoms with Crippen molar-refractivity contribution in [1.82, 2.24) is 19.7 Å². The van der Waals surface area contributed by atoms with Gasteiger partial charge in [0.05, 0.1) is 16.9 Å². The second-order valence-corrected chi connectivity index (χ2v) is 6.94. The quantitative estimate of drug-likeness (QED) is 0.474. The topological polar surface area (TPSA) is 47.1 Å². The van der Waals surface area contributed by atoms with E-state index in [0.717, 1.165) is 29.4 Å². The first-order chi connectivity index (χ1) is 14.0. The number of rotatable bonds is 6. The minimum absolute atomic E-state index is 0.0243. The fraction of sp³-hybridized carbons (Fsp3) is 0.182. The first kappa shape index (κ1) is 19.0. The first-order valence-corrected chi connectivity index (χ1v) is 9.19. The highest BCUT2D eigenvalue weighted by atomic mass is 19.1. The number of nitrogens with zero attached hydrogens (tertiary/aromatic N) is 4. The molecular weight excluding hydrogens is 374 g/mol. The third-order valence-corrected chi connectivity index (χ3v) is 4.63. The van der Waals surface area contributed by atoms with Crippen LogP contribution in [-0.4, -0.2) is 26.7 Å². The van der Waals surface area contributed by atoms with Gasteiger partial charge in [0.2, 0.25) is 5.89 Å². The number of hydrogen-bond acceptors (Lipinski definition) is 4. The molecule has 2 aromatic carbocycles. The molecule has 5 nitrogen and oxygen atoms in total. The highest BCUT2D eigenvalue weighted by molar-refractivity contribution is 5.54. The highest BCUT2D eigenvalue weighted by Gasteiger charge is 2.17. The zero-order valence-corrected chi connectivity index (χ0v) is 16.1. The number of benzene rings is 2. The van der Waals surface area contributed by atoms with Crippen LogP contribution >= 0.6 is 0 Å². The molecule has 7 heteroatoms. The molecule has 2 heterocycles. The van der Waals surface area contributed by atoms with Gasteiger partial charge in [0.1, 0.15) is 17.4 Å². The maximum Gasteiger partial charge on any atom is 0.229 e. The van der Waals surface area contributed by atoms with Crippen molar-refractivity contribution in [2.75, 3.05) is 7.05 Å². The summed E-state index contributed by atoms with van der Waals surface area (Å²) in [4.78, 5) is 6.47. The van der Waals surface area contributed by atoms with E-state index in [9.17, 15) is 8.78 Å². The van der Waals surface area contributed by atoms with E-state index < -0.39 is 11.6 Å². The second kappa shape index (κ2) is 7.97. The van der Waals surface area contributed by atoms with Crippen molar-refractivity contribution in [3.8, 4) is 17.1 Å². The molecule has 29 heavy (non-hydrogen) atoms. The Bertz CT molecular complexity index is 1100. The zero-order valence-electron chi connectivity index (χ0n) is 16.1. The van der Waals surface area contributed by atoms with Crippen molar-refractivity contribution < 1.29 is 13.2 Å². The zero-order chi connectivity index (χ0) is 20.4. The summed E-state index contributed by atoms with van der Waals surface area (Å²) >= 11 is 0. The van der Waals surface area contributed by atoms with Crippen LogP contribution in [0, 0.1) is 18.6 Å². The van der Waals surface area contributed by atoms with Crippen LogP contribution in [0.3, 0.4) is 0 Å². The van der Waals surface area contributed by atoms with E-state index >= 15 is 0 Å². The summed E-state index contributed by atoms with van der Waals surface area (Å²) < 4.78 is 34.9. The van der Waals surface area contributed by atoms with Crippen molar-refractivity contribution in [3.63, 3.8) is 0 Å². The Hall–Kier alpha value is -3.32. The van der Waals surface area contributed by atoms with Gasteiger partial charge in [-0.15, -0.1) is 0 Å². The Morgan fingerprint density at radius 3 is 2.59 bits per heavy atom. The average Bonchev–Trinajstić information content (AvgIpc) is 3.35. The maximum absolute atomic E-state index is 14.0. The van der Waals surface area contributed by atoms with Crippen molar-refractivity contribution in [2.24, 2.45) is 0 Å². The van der Waals surface area contributed by atoms with E-state index in [4.69, 9.17) is 4.42 Å². The Morgan fingerprint density at radius 2 is 1.86 bits per heavy atom. The molecule has 0 saturated carbocycles. The average molecular weight is 394 g/mol. The minimum Gasteiger partial charge on any atom is -0.441 e. The number of aromatic nitrogens is 3. The Balaban J connectivity index is 1.45. The second-order valence-electron chi connectivity index (χ2n) is 6.94. The predicted molar refractivity (Wildman–Crippen MR) is 105 cm³/mol. The lowest BCUT2D eigenvalue weighted by molar-refractivity contribution is 0.313. The van der Waals surface area contributed by atoms with Crippen LogP contribution < -0.4 is 0 Å². The van der Waals surface area contributed by atoms with Gasteiger partial charge in [0.25, 0.3) is 0 Å². The fourth-order valence-electron chi connectivity index (χ4n) is 3.15. The molecule has 0 N–H and O–H groups in total. The van der Waals surface area contributed by atoms with Gasteiger partial charge in [-0.05, 0) is 55.9 Å². The predicted octanol–water partition coefficient (Wildman–Crippen LogP) is 4.75. The number of hydrogen-bond donors (Lipinski definition) is 0. The third-order valence-electron chi connectivity index (χ3n) is 4.63. The number of halogens is 2. The summed E-state index contributed by atoms with van der Waals surface area (Å²) in [6.07, 6.45) is 3.64. The summed E-state index contributed by atoms with van der Waals surface area (Å²) in [7, 11) is 1.97. The number of oxazole rings is 1. The molecule has 0 aliphatic heterocycles. The fourth-order valence-corrected chi connectivity index (χ4v) is 3.15. The molecule has 0 bridgehead atoms. The van der Waals surface area contributed by atoms with E-state index in [-0.39, 0.29) is 11.5 Å². The molecule has 4 aromatic rings. The van der Waals surface area contributed by atoms with Gasteiger partial charge < -0.3 is 4.42 Å². The van der Waals surface area contributed by atoms with Crippen molar-refractivity contribution in [1.29, 1.82) is 0 Å². The van der Waals surface area contributed by atoms with Crippen LogP contribution in [0.15, 0.2) is 65.3 Å². The molecule has 148 valence electrons. The van der Waals surface area contributed by atoms with Crippen molar-refractivity contribution >= 4 is 0 Å². The van der Waals surface area contributed by atoms with Crippen LogP contribution in [0.25, 0.3) is 17.1 Å². The SMILES string of the molecule is Cc1oc(-c2cc(F)ccc2F)nc1CN(C)Cc1ccc(-n2cccn2)cc1. The molecule has 0 aliphatic rings. The van der Waals surface area contributed by atoms with Crippen LogP contribution in [0.5, 0.6) is 0 Å². The molecule has 0 fully saturated rings. The highest BCUT2D eigenvalue weighted by Crippen LogP contribution is 2.26. The third kappa shape index (κ3) is 4.25. The first-order valence-electron chi connectivity index (χ1n) is 9.19. The standard InChI is InChI=1S/C22H20F2N4O/c1-15-21(26-22(29-15)19-12-17(23)6-9-20(19)24)14-27(2)13-16-4-7-18(8-5-16)28-11-3-10-25-28/h3-12H,13-14H2,1-2H3. The maximum atomic E-state index is 14.0. The molecule has 0 radical (unpaired) electrons. The van der Waals surface area contributed by atoms with E-state index in [2.05, 4.69) is 27.1 Å². The van der Waals surface area contributed by atoms with Crippen LogP contribution in [0.4, 0.5) is 8.78 Å². The van der Waals surface area contributed by atoms with Crippen molar-refractivity contribution in [2.45, 2.75) is 20.0 Å². The summed E-state index contributed by atoms with van der Waals surface area (Å²) in [5.74, 6) is -0.421. The lowest BCUT2D eigenvalue weighted by Gasteiger charge is -2.15. The Labute approximate surface area is 167 Å². The lowest BCUT2D eigenvalue weighted by Crippen LogP contribution is -2.18. The molecule has 0 atom stereocenters. The lowest BCUT2D eigenvalue weighted by atomic mass is 10.2. The molecule has 0 amide bonds. The summed E-state index contributed by atoms with van der Waals surface area (Å²) in [6.45, 7) is 3.00. The molecule has 4 rings (SSSR count). The molecular formula is C22H20F2N4O. The van der Waals surface area contributed by atoms with Gasteiger partial charge >= 0.3 is 0 Å². The van der Waals surface area contributed by atoms with Gasteiger partial charge in [0.15, 0.2) is 0 Å². The molecule has 0 unspecified atom stereocenters. The van der Waals surface area contributed by atoms with Crippen molar-refractivity contribution in [3.05, 3.63) is 89.6 Å². The van der Waals surface area contributed by atoms with Gasteiger partial charge in [-0.3, -0.25) is 4.90 Å². The Morgan fingerprint density at radius 1 is 1.07 bits per heavy atom. The summed E-state index contributed by atoms with van der Waals surface area (Å²) in [5.41, 5.74) is 2.85. The van der Waals surface area contributed by atoms with Crippen LogP contribution in [-0.2, 0) is 13.1 Å². The van der Waals surface area contributed by atoms with Gasteiger partial charge in [0, 0.05) is 25.5 Å². The van der Waals surface area contributed by atoms with E-state index in [1.54, 1.807) is 17.8 Å². The monoisotopic (exact) mass is 394 g/mol. The smallest absolute Gasteiger partial charge is 0.229 e. The van der Waals surface area contributed by atoms with Crippen LogP contribution in [0.2, 0.25) is 0 Å². The van der Waals surface area contributed by atoms with Gasteiger partial charge in [-0.25, -0.2) is 18.4 Å². The largest absolute Gasteiger partial charge is 0.441 e. The Kier molecular flexibility index (Phi) is 5.22. The van der Waals surface area contributed by atoms with E-state index in [1.165, 1.54) is 0 Å². The molecule has 0 saturated heterocycles. The van der Waals surface area contributed by atoms with E-state index in [0.29, 0.717) is 24.5 Å². The van der Waals surface area contributed by atoms with Gasteiger partial charge in [-0.1, -0.05) is 12.1 Å². The summed E-state index contributed by atoms with van der Waals surface area (Å²) in [6, 6.07) is 13.3. The van der Waals surface area contributed by atoms with E-state index in [1.807, 2.05) is 31.4 Å². The molecule has 0 spiro atoms. The molecule has 0 aliphatic carbocycles. The normalized spacial score (nSPS) is 11.3. The summed E-state index contributed by atoms with van der Waals surface area (Å²) in [5, 5.41) is 4.22. The number of aryl methyl sites for hydroxylation is 1. The van der Waals surface area contributed by atoms with Gasteiger partial charge in [-0.2, -0.15) is 5.10 Å².